The van der Waals surface area contributed by atoms with E-state index in [1.165, 1.54) is 0 Å². The van der Waals surface area contributed by atoms with Crippen LogP contribution in [0, 0.1) is 5.92 Å². The van der Waals surface area contributed by atoms with Gasteiger partial charge in [0.2, 0.25) is 0 Å². The minimum atomic E-state index is 0.303. The molecule has 2 heteroatoms. The van der Waals surface area contributed by atoms with Gasteiger partial charge >= 0.3 is 0 Å². The Hall–Kier alpha value is -0.560. The zero-order valence-electron chi connectivity index (χ0n) is 6.85. The van der Waals surface area contributed by atoms with Crippen molar-refractivity contribution in [1.29, 1.82) is 0 Å². The zero-order chi connectivity index (χ0) is 8.55. The van der Waals surface area contributed by atoms with Crippen LogP contribution >= 0.6 is 11.6 Å². The van der Waals surface area contributed by atoms with Crippen molar-refractivity contribution < 1.29 is 4.79 Å². The molecule has 2 rings (SSSR count). The lowest BCUT2D eigenvalue weighted by Crippen LogP contribution is -2.20. The van der Waals surface area contributed by atoms with E-state index in [1.807, 2.05) is 12.2 Å². The van der Waals surface area contributed by atoms with Gasteiger partial charge in [0.05, 0.1) is 0 Å². The van der Waals surface area contributed by atoms with Gasteiger partial charge in [0, 0.05) is 11.5 Å². The van der Waals surface area contributed by atoms with Gasteiger partial charge in [-0.05, 0) is 36.8 Å². The van der Waals surface area contributed by atoms with Gasteiger partial charge in [-0.3, -0.25) is 4.79 Å². The molecule has 0 saturated heterocycles. The van der Waals surface area contributed by atoms with E-state index in [0.717, 1.165) is 29.9 Å². The van der Waals surface area contributed by atoms with E-state index in [2.05, 4.69) is 0 Å². The summed E-state index contributed by atoms with van der Waals surface area (Å²) in [6, 6.07) is 0. The van der Waals surface area contributed by atoms with Crippen molar-refractivity contribution in [3.05, 3.63) is 22.8 Å². The molecule has 0 aromatic rings. The molecule has 1 unspecified atom stereocenters. The maximum Gasteiger partial charge on any atom is 0.159 e. The fourth-order valence-corrected chi connectivity index (χ4v) is 2.15. The number of carbonyl (C=O) groups excluding carboxylic acids is 1. The first-order chi connectivity index (χ1) is 5.77. The molecule has 2 aliphatic carbocycles. The lowest BCUT2D eigenvalue weighted by atomic mass is 9.79. The lowest BCUT2D eigenvalue weighted by molar-refractivity contribution is -0.117. The van der Waals surface area contributed by atoms with Gasteiger partial charge in [0.25, 0.3) is 0 Å². The minimum Gasteiger partial charge on any atom is -0.295 e. The first-order valence-electron chi connectivity index (χ1n) is 4.38. The van der Waals surface area contributed by atoms with Gasteiger partial charge in [-0.15, -0.1) is 0 Å². The molecule has 0 aromatic heterocycles. The molecule has 0 spiro atoms. The number of hydrogen-bond donors (Lipinski definition) is 0. The normalized spacial score (nSPS) is 29.1. The predicted octanol–water partition coefficient (Wildman–Crippen LogP) is 2.81. The minimum absolute atomic E-state index is 0.303. The smallest absolute Gasteiger partial charge is 0.159 e. The van der Waals surface area contributed by atoms with Gasteiger partial charge in [-0.2, -0.15) is 0 Å². The first-order valence-corrected chi connectivity index (χ1v) is 4.75. The molecule has 0 bridgehead atoms. The van der Waals surface area contributed by atoms with E-state index < -0.39 is 0 Å². The van der Waals surface area contributed by atoms with Crippen LogP contribution in [0.2, 0.25) is 0 Å². The van der Waals surface area contributed by atoms with Gasteiger partial charge in [0.15, 0.2) is 5.78 Å². The van der Waals surface area contributed by atoms with E-state index in [-0.39, 0.29) is 0 Å². The SMILES string of the molecule is O=C1CCCC2CC=C(Cl)C=C12. The second-order valence-electron chi connectivity index (χ2n) is 3.44. The Morgan fingerprint density at radius 3 is 3.17 bits per heavy atom. The fraction of sp³-hybridized carbons (Fsp3) is 0.500. The van der Waals surface area contributed by atoms with E-state index in [4.69, 9.17) is 11.6 Å². The van der Waals surface area contributed by atoms with E-state index in [0.29, 0.717) is 18.1 Å². The Balaban J connectivity index is 2.29. The van der Waals surface area contributed by atoms with Crippen molar-refractivity contribution in [2.45, 2.75) is 25.7 Å². The maximum absolute atomic E-state index is 11.4. The Morgan fingerprint density at radius 2 is 2.33 bits per heavy atom. The predicted molar refractivity (Wildman–Crippen MR) is 49.0 cm³/mol. The first kappa shape index (κ1) is 8.06. The van der Waals surface area contributed by atoms with Gasteiger partial charge in [-0.1, -0.05) is 17.7 Å². The van der Waals surface area contributed by atoms with Crippen molar-refractivity contribution in [2.75, 3.05) is 0 Å². The number of hydrogen-bond acceptors (Lipinski definition) is 1. The summed E-state index contributed by atoms with van der Waals surface area (Å²) >= 11 is 5.83. The highest BCUT2D eigenvalue weighted by Crippen LogP contribution is 2.34. The molecule has 1 nitrogen and oxygen atoms in total. The summed E-state index contributed by atoms with van der Waals surface area (Å²) in [6.45, 7) is 0. The molecule has 1 saturated carbocycles. The Labute approximate surface area is 77.1 Å². The number of halogens is 1. The van der Waals surface area contributed by atoms with Crippen molar-refractivity contribution >= 4 is 17.4 Å². The molecule has 0 radical (unpaired) electrons. The molecule has 0 heterocycles. The Morgan fingerprint density at radius 1 is 1.50 bits per heavy atom. The molecule has 1 atom stereocenters. The van der Waals surface area contributed by atoms with E-state index in [9.17, 15) is 4.79 Å². The second kappa shape index (κ2) is 3.06. The number of fused-ring (bicyclic) bond motifs is 1. The quantitative estimate of drug-likeness (QED) is 0.563. The lowest BCUT2D eigenvalue weighted by Gasteiger charge is -2.25. The molecular formula is C10H11ClO. The second-order valence-corrected chi connectivity index (χ2v) is 3.87. The fourth-order valence-electron chi connectivity index (χ4n) is 1.94. The van der Waals surface area contributed by atoms with Crippen LogP contribution in [0.4, 0.5) is 0 Å². The van der Waals surface area contributed by atoms with Gasteiger partial charge in [-0.25, -0.2) is 0 Å². The topological polar surface area (TPSA) is 17.1 Å². The highest BCUT2D eigenvalue weighted by molar-refractivity contribution is 6.31. The third-order valence-corrected chi connectivity index (χ3v) is 2.87. The van der Waals surface area contributed by atoms with E-state index >= 15 is 0 Å². The molecule has 0 aromatic carbocycles. The molecular weight excluding hydrogens is 172 g/mol. The average molecular weight is 183 g/mol. The van der Waals surface area contributed by atoms with Crippen LogP contribution in [0.5, 0.6) is 0 Å². The maximum atomic E-state index is 11.4. The molecule has 1 fully saturated rings. The number of allylic oxidation sites excluding steroid dienone is 4. The molecule has 0 amide bonds. The summed E-state index contributed by atoms with van der Waals surface area (Å²) in [5.41, 5.74) is 0.966. The van der Waals surface area contributed by atoms with Crippen LogP contribution < -0.4 is 0 Å². The van der Waals surface area contributed by atoms with Crippen LogP contribution in [0.25, 0.3) is 0 Å². The summed E-state index contributed by atoms with van der Waals surface area (Å²) in [6.07, 6.45) is 7.72. The highest BCUT2D eigenvalue weighted by Gasteiger charge is 2.26. The number of Topliss-reactive ketones (excluding diaryl/α,β-unsaturated/α-hetero) is 1. The highest BCUT2D eigenvalue weighted by atomic mass is 35.5. The monoisotopic (exact) mass is 182 g/mol. The van der Waals surface area contributed by atoms with Crippen molar-refractivity contribution in [1.82, 2.24) is 0 Å². The molecule has 64 valence electrons. The summed E-state index contributed by atoms with van der Waals surface area (Å²) < 4.78 is 0. The number of ketones is 1. The van der Waals surface area contributed by atoms with Crippen LogP contribution in [0.15, 0.2) is 22.8 Å². The van der Waals surface area contributed by atoms with Gasteiger partial charge in [0.1, 0.15) is 0 Å². The van der Waals surface area contributed by atoms with Crippen LogP contribution in [-0.2, 0) is 4.79 Å². The van der Waals surface area contributed by atoms with Crippen LogP contribution in [0.1, 0.15) is 25.7 Å². The molecule has 12 heavy (non-hydrogen) atoms. The standard InChI is InChI=1S/C10H11ClO/c11-8-5-4-7-2-1-3-10(12)9(7)6-8/h5-7H,1-4H2. The van der Waals surface area contributed by atoms with Crippen LogP contribution in [0.3, 0.4) is 0 Å². The summed E-state index contributed by atoms with van der Waals surface area (Å²) in [5.74, 6) is 0.770. The summed E-state index contributed by atoms with van der Waals surface area (Å²) in [4.78, 5) is 11.4. The Kier molecular flexibility index (Phi) is 2.05. The molecule has 2 aliphatic rings. The van der Waals surface area contributed by atoms with Crippen molar-refractivity contribution in [2.24, 2.45) is 5.92 Å². The number of carbonyl (C=O) groups is 1. The van der Waals surface area contributed by atoms with Crippen LogP contribution in [-0.4, -0.2) is 5.78 Å². The largest absolute Gasteiger partial charge is 0.295 e. The number of rotatable bonds is 0. The van der Waals surface area contributed by atoms with E-state index in [1.54, 1.807) is 0 Å². The summed E-state index contributed by atoms with van der Waals surface area (Å²) in [7, 11) is 0. The Bertz CT molecular complexity index is 276. The third kappa shape index (κ3) is 1.34. The average Bonchev–Trinajstić information content (AvgIpc) is 2.07. The zero-order valence-corrected chi connectivity index (χ0v) is 7.60. The summed E-state index contributed by atoms with van der Waals surface area (Å²) in [5, 5.41) is 0.733. The third-order valence-electron chi connectivity index (χ3n) is 2.61. The van der Waals surface area contributed by atoms with Gasteiger partial charge < -0.3 is 0 Å². The van der Waals surface area contributed by atoms with Crippen molar-refractivity contribution in [3.8, 4) is 0 Å². The molecule has 0 N–H and O–H groups in total. The molecule has 0 aliphatic heterocycles. The van der Waals surface area contributed by atoms with Crippen molar-refractivity contribution in [3.63, 3.8) is 0 Å².